The number of rotatable bonds is 4. The summed E-state index contributed by atoms with van der Waals surface area (Å²) in [6.45, 7) is 0. The van der Waals surface area contributed by atoms with Gasteiger partial charge in [0.1, 0.15) is 11.6 Å². The van der Waals surface area contributed by atoms with Crippen molar-refractivity contribution >= 4 is 56.2 Å². The zero-order valence-corrected chi connectivity index (χ0v) is 20.3. The third-order valence-corrected chi connectivity index (χ3v) is 7.90. The Morgan fingerprint density at radius 1 is 0.515 bits per heavy atom. The quantitative estimate of drug-likeness (QED) is 0.241. The lowest BCUT2D eigenvalue weighted by Crippen LogP contribution is -2.07. The normalized spacial score (nSPS) is 11.6. The van der Waals surface area contributed by atoms with Crippen molar-refractivity contribution in [2.45, 2.75) is 9.79 Å². The standard InChI is InChI=1S/C24H12Cl4F2O2S/c25-13-1-5-21(27)17(9-13)19-11-15(29)3-7-23(19)33(31,32)24-8-4-16(30)12-20(24)18-10-14(26)2-6-22(18)28/h1-12H. The van der Waals surface area contributed by atoms with E-state index in [0.29, 0.717) is 0 Å². The van der Waals surface area contributed by atoms with Crippen molar-refractivity contribution in [3.05, 3.63) is 105 Å². The molecule has 0 aliphatic rings. The van der Waals surface area contributed by atoms with E-state index in [-0.39, 0.29) is 52.1 Å². The Morgan fingerprint density at radius 2 is 0.909 bits per heavy atom. The Morgan fingerprint density at radius 3 is 1.30 bits per heavy atom. The van der Waals surface area contributed by atoms with Gasteiger partial charge in [0.15, 0.2) is 0 Å². The molecule has 0 aromatic heterocycles. The van der Waals surface area contributed by atoms with Crippen molar-refractivity contribution in [3.63, 3.8) is 0 Å². The monoisotopic (exact) mass is 542 g/mol. The van der Waals surface area contributed by atoms with E-state index in [1.165, 1.54) is 36.4 Å². The third kappa shape index (κ3) is 4.75. The lowest BCUT2D eigenvalue weighted by Gasteiger charge is -2.16. The van der Waals surface area contributed by atoms with E-state index in [9.17, 15) is 17.2 Å². The highest BCUT2D eigenvalue weighted by atomic mass is 35.5. The summed E-state index contributed by atoms with van der Waals surface area (Å²) < 4.78 is 56.1. The molecule has 168 valence electrons. The van der Waals surface area contributed by atoms with Crippen LogP contribution in [0.2, 0.25) is 20.1 Å². The third-order valence-electron chi connectivity index (χ3n) is 4.90. The lowest BCUT2D eigenvalue weighted by atomic mass is 10.1. The van der Waals surface area contributed by atoms with Gasteiger partial charge in [0.2, 0.25) is 9.84 Å². The molecule has 0 saturated heterocycles. The second-order valence-corrected chi connectivity index (χ2v) is 10.6. The summed E-state index contributed by atoms with van der Waals surface area (Å²) in [5, 5.41) is 0.933. The SMILES string of the molecule is O=S(=O)(c1ccc(F)cc1-c1cc(Cl)ccc1Cl)c1ccc(F)cc1-c1cc(Cl)ccc1Cl. The van der Waals surface area contributed by atoms with E-state index >= 15 is 0 Å². The molecule has 0 aliphatic heterocycles. The molecule has 0 atom stereocenters. The minimum Gasteiger partial charge on any atom is -0.218 e. The minimum absolute atomic E-state index is 0.00923. The maximum Gasteiger partial charge on any atom is 0.207 e. The van der Waals surface area contributed by atoms with E-state index in [2.05, 4.69) is 0 Å². The van der Waals surface area contributed by atoms with Crippen LogP contribution in [-0.4, -0.2) is 8.42 Å². The Labute approximate surface area is 209 Å². The summed E-state index contributed by atoms with van der Waals surface area (Å²) in [5.74, 6) is -1.34. The van der Waals surface area contributed by atoms with Gasteiger partial charge in [0.25, 0.3) is 0 Å². The second-order valence-electron chi connectivity index (χ2n) is 7.03. The summed E-state index contributed by atoms with van der Waals surface area (Å²) in [4.78, 5) is -0.474. The highest BCUT2D eigenvalue weighted by molar-refractivity contribution is 7.91. The molecule has 0 spiro atoms. The van der Waals surface area contributed by atoms with Crippen molar-refractivity contribution < 1.29 is 17.2 Å². The molecule has 0 fully saturated rings. The zero-order chi connectivity index (χ0) is 23.9. The number of halogens is 6. The summed E-state index contributed by atoms with van der Waals surface area (Å²) in [5.41, 5.74) is 0.475. The predicted octanol–water partition coefficient (Wildman–Crippen LogP) is 8.75. The average Bonchev–Trinajstić information content (AvgIpc) is 2.76. The Kier molecular flexibility index (Phi) is 6.72. The lowest BCUT2D eigenvalue weighted by molar-refractivity contribution is 0.594. The van der Waals surface area contributed by atoms with Crippen LogP contribution in [0.4, 0.5) is 8.78 Å². The van der Waals surface area contributed by atoms with Crippen molar-refractivity contribution in [1.29, 1.82) is 0 Å². The van der Waals surface area contributed by atoms with Crippen molar-refractivity contribution in [1.82, 2.24) is 0 Å². The summed E-state index contributed by atoms with van der Waals surface area (Å²) in [6, 6.07) is 15.3. The Bertz CT molecular complexity index is 1400. The van der Waals surface area contributed by atoms with Crippen LogP contribution in [0.3, 0.4) is 0 Å². The molecule has 0 amide bonds. The molecule has 4 rings (SSSR count). The van der Waals surface area contributed by atoms with Gasteiger partial charge in [0.05, 0.1) is 9.79 Å². The highest BCUT2D eigenvalue weighted by Crippen LogP contribution is 2.41. The van der Waals surface area contributed by atoms with Gasteiger partial charge in [-0.25, -0.2) is 17.2 Å². The first-order valence-electron chi connectivity index (χ1n) is 9.33. The molecule has 0 saturated carbocycles. The van der Waals surface area contributed by atoms with Crippen LogP contribution in [0.25, 0.3) is 22.3 Å². The van der Waals surface area contributed by atoms with Crippen LogP contribution in [0.15, 0.2) is 82.6 Å². The first-order valence-corrected chi connectivity index (χ1v) is 12.3. The van der Waals surface area contributed by atoms with Crippen LogP contribution < -0.4 is 0 Å². The van der Waals surface area contributed by atoms with Crippen LogP contribution in [0.5, 0.6) is 0 Å². The second kappa shape index (κ2) is 9.24. The zero-order valence-electron chi connectivity index (χ0n) is 16.4. The molecule has 0 aliphatic carbocycles. The number of hydrogen-bond acceptors (Lipinski definition) is 2. The maximum atomic E-state index is 14.2. The molecule has 2 nitrogen and oxygen atoms in total. The first-order chi connectivity index (χ1) is 15.6. The molecular weight excluding hydrogens is 532 g/mol. The highest BCUT2D eigenvalue weighted by Gasteiger charge is 2.27. The number of sulfone groups is 1. The van der Waals surface area contributed by atoms with Gasteiger partial charge in [-0.05, 0) is 72.8 Å². The summed E-state index contributed by atoms with van der Waals surface area (Å²) in [7, 11) is -4.33. The molecular formula is C24H12Cl4F2O2S. The smallest absolute Gasteiger partial charge is 0.207 e. The molecule has 0 heterocycles. The van der Waals surface area contributed by atoms with Gasteiger partial charge in [-0.2, -0.15) is 0 Å². The fourth-order valence-electron chi connectivity index (χ4n) is 3.42. The van der Waals surface area contributed by atoms with Gasteiger partial charge < -0.3 is 0 Å². The Balaban J connectivity index is 2.02. The van der Waals surface area contributed by atoms with Crippen molar-refractivity contribution in [2.75, 3.05) is 0 Å². The van der Waals surface area contributed by atoms with Crippen LogP contribution >= 0.6 is 46.4 Å². The van der Waals surface area contributed by atoms with Crippen LogP contribution in [0, 0.1) is 11.6 Å². The van der Waals surface area contributed by atoms with Gasteiger partial charge >= 0.3 is 0 Å². The molecule has 0 radical (unpaired) electrons. The van der Waals surface area contributed by atoms with Gasteiger partial charge in [0, 0.05) is 42.3 Å². The fraction of sp³-hybridized carbons (Fsp3) is 0. The van der Waals surface area contributed by atoms with E-state index in [0.717, 1.165) is 36.4 Å². The topological polar surface area (TPSA) is 34.1 Å². The molecule has 9 heteroatoms. The predicted molar refractivity (Wildman–Crippen MR) is 129 cm³/mol. The maximum absolute atomic E-state index is 14.2. The Hall–Kier alpha value is -2.15. The van der Waals surface area contributed by atoms with E-state index in [1.807, 2.05) is 0 Å². The van der Waals surface area contributed by atoms with E-state index < -0.39 is 21.5 Å². The number of hydrogen-bond donors (Lipinski definition) is 0. The number of benzene rings is 4. The largest absolute Gasteiger partial charge is 0.218 e. The molecule has 0 N–H and O–H groups in total. The van der Waals surface area contributed by atoms with Gasteiger partial charge in [-0.1, -0.05) is 46.4 Å². The first kappa shape index (κ1) is 24.0. The molecule has 4 aromatic carbocycles. The average molecular weight is 544 g/mol. The minimum atomic E-state index is -4.33. The van der Waals surface area contributed by atoms with E-state index in [4.69, 9.17) is 46.4 Å². The van der Waals surface area contributed by atoms with Gasteiger partial charge in [-0.15, -0.1) is 0 Å². The molecule has 4 aromatic rings. The van der Waals surface area contributed by atoms with Crippen molar-refractivity contribution in [3.8, 4) is 22.3 Å². The van der Waals surface area contributed by atoms with Crippen LogP contribution in [0.1, 0.15) is 0 Å². The summed E-state index contributed by atoms with van der Waals surface area (Å²) in [6.07, 6.45) is 0. The molecule has 0 unspecified atom stereocenters. The molecule has 0 bridgehead atoms. The van der Waals surface area contributed by atoms with E-state index in [1.54, 1.807) is 0 Å². The fourth-order valence-corrected chi connectivity index (χ4v) is 5.85. The van der Waals surface area contributed by atoms with Gasteiger partial charge in [-0.3, -0.25) is 0 Å². The van der Waals surface area contributed by atoms with Crippen molar-refractivity contribution in [2.24, 2.45) is 0 Å². The summed E-state index contributed by atoms with van der Waals surface area (Å²) >= 11 is 24.7. The molecule has 33 heavy (non-hydrogen) atoms. The van der Waals surface area contributed by atoms with Crippen LogP contribution in [-0.2, 0) is 9.84 Å².